The molecule has 1 N–H and O–H groups in total. The van der Waals surface area contributed by atoms with Gasteiger partial charge in [0.25, 0.3) is 0 Å². The zero-order chi connectivity index (χ0) is 19.5. The molecule has 1 saturated heterocycles. The van der Waals surface area contributed by atoms with Crippen molar-refractivity contribution in [3.8, 4) is 0 Å². The molecule has 3 heterocycles. The van der Waals surface area contributed by atoms with Gasteiger partial charge in [-0.2, -0.15) is 0 Å². The fourth-order valence-electron chi connectivity index (χ4n) is 3.27. The molecule has 0 saturated carbocycles. The Morgan fingerprint density at radius 2 is 2.00 bits per heavy atom. The predicted octanol–water partition coefficient (Wildman–Crippen LogP) is 3.76. The lowest BCUT2D eigenvalue weighted by molar-refractivity contribution is 0.0531. The fraction of sp³-hybridized carbons (Fsp3) is 0.350. The molecular weight excluding hydrogens is 376 g/mol. The average molecular weight is 398 g/mol. The number of aromatic nitrogens is 2. The highest BCUT2D eigenvalue weighted by atomic mass is 32.1. The standard InChI is InChI=1S/C20H22N4O3S/c1-3-27-20(25)17-13(2)16-18(21-12-22-19(16)28-17)23-14-4-6-15(7-5-14)24-8-10-26-11-9-24/h4-7,12H,3,8-11H2,1-2H3,(H,21,22,23). The number of benzene rings is 1. The van der Waals surface area contributed by atoms with Crippen LogP contribution in [0.5, 0.6) is 0 Å². The van der Waals surface area contributed by atoms with E-state index in [1.807, 2.05) is 19.1 Å². The van der Waals surface area contributed by atoms with E-state index < -0.39 is 0 Å². The van der Waals surface area contributed by atoms with Crippen molar-refractivity contribution in [1.29, 1.82) is 0 Å². The van der Waals surface area contributed by atoms with Gasteiger partial charge >= 0.3 is 5.97 Å². The summed E-state index contributed by atoms with van der Waals surface area (Å²) in [6.45, 7) is 7.39. The van der Waals surface area contributed by atoms with Gasteiger partial charge < -0.3 is 19.7 Å². The van der Waals surface area contributed by atoms with Crippen LogP contribution in [-0.2, 0) is 9.47 Å². The maximum absolute atomic E-state index is 12.2. The molecule has 0 aliphatic carbocycles. The normalized spacial score (nSPS) is 14.3. The van der Waals surface area contributed by atoms with Crippen LogP contribution >= 0.6 is 11.3 Å². The van der Waals surface area contributed by atoms with E-state index in [2.05, 4.69) is 32.3 Å². The summed E-state index contributed by atoms with van der Waals surface area (Å²) in [5.74, 6) is 0.372. The maximum atomic E-state index is 12.2. The van der Waals surface area contributed by atoms with Crippen LogP contribution in [0.3, 0.4) is 0 Å². The summed E-state index contributed by atoms with van der Waals surface area (Å²) in [5, 5.41) is 4.22. The number of morpholine rings is 1. The molecule has 8 heteroatoms. The first-order valence-electron chi connectivity index (χ1n) is 9.28. The summed E-state index contributed by atoms with van der Waals surface area (Å²) in [6.07, 6.45) is 1.51. The maximum Gasteiger partial charge on any atom is 0.348 e. The number of hydrogen-bond acceptors (Lipinski definition) is 8. The third kappa shape index (κ3) is 3.65. The van der Waals surface area contributed by atoms with Crippen molar-refractivity contribution >= 4 is 44.7 Å². The molecule has 146 valence electrons. The minimum Gasteiger partial charge on any atom is -0.462 e. The summed E-state index contributed by atoms with van der Waals surface area (Å²) in [4.78, 5) is 24.6. The molecule has 0 unspecified atom stereocenters. The second kappa shape index (κ2) is 8.12. The molecule has 0 bridgehead atoms. The number of nitrogens with zero attached hydrogens (tertiary/aromatic N) is 3. The highest BCUT2D eigenvalue weighted by molar-refractivity contribution is 7.20. The van der Waals surface area contributed by atoms with Crippen LogP contribution in [0.1, 0.15) is 22.2 Å². The summed E-state index contributed by atoms with van der Waals surface area (Å²) >= 11 is 1.33. The topological polar surface area (TPSA) is 76.6 Å². The lowest BCUT2D eigenvalue weighted by Crippen LogP contribution is -2.36. The number of aryl methyl sites for hydroxylation is 1. The van der Waals surface area contributed by atoms with E-state index in [0.29, 0.717) is 17.3 Å². The molecule has 0 radical (unpaired) electrons. The van der Waals surface area contributed by atoms with Gasteiger partial charge in [-0.05, 0) is 43.7 Å². The molecule has 4 rings (SSSR count). The first kappa shape index (κ1) is 18.6. The van der Waals surface area contributed by atoms with E-state index in [-0.39, 0.29) is 5.97 Å². The van der Waals surface area contributed by atoms with Gasteiger partial charge in [0.15, 0.2) is 0 Å². The number of nitrogens with one attached hydrogen (secondary N) is 1. The fourth-order valence-corrected chi connectivity index (χ4v) is 4.31. The van der Waals surface area contributed by atoms with E-state index in [1.54, 1.807) is 6.92 Å². The third-order valence-corrected chi connectivity index (χ3v) is 5.87. The number of fused-ring (bicyclic) bond motifs is 1. The van der Waals surface area contributed by atoms with Crippen molar-refractivity contribution in [2.75, 3.05) is 43.1 Å². The molecule has 0 amide bonds. The summed E-state index contributed by atoms with van der Waals surface area (Å²) in [7, 11) is 0. The van der Waals surface area contributed by atoms with Crippen LogP contribution in [0.4, 0.5) is 17.2 Å². The average Bonchev–Trinajstić information content (AvgIpc) is 3.07. The second-order valence-corrected chi connectivity index (χ2v) is 7.45. The van der Waals surface area contributed by atoms with Crippen LogP contribution in [0.2, 0.25) is 0 Å². The Hall–Kier alpha value is -2.71. The smallest absolute Gasteiger partial charge is 0.348 e. The molecule has 28 heavy (non-hydrogen) atoms. The number of esters is 1. The number of hydrogen-bond donors (Lipinski definition) is 1. The SMILES string of the molecule is CCOC(=O)c1sc2ncnc(Nc3ccc(N4CCOCC4)cc3)c2c1C. The summed E-state index contributed by atoms with van der Waals surface area (Å²) in [6, 6.07) is 8.26. The third-order valence-electron chi connectivity index (χ3n) is 4.69. The van der Waals surface area contributed by atoms with Gasteiger partial charge in [-0.1, -0.05) is 0 Å². The van der Waals surface area contributed by atoms with Gasteiger partial charge in [-0.15, -0.1) is 11.3 Å². The summed E-state index contributed by atoms with van der Waals surface area (Å²) in [5.41, 5.74) is 2.95. The van der Waals surface area contributed by atoms with Crippen molar-refractivity contribution in [3.05, 3.63) is 41.0 Å². The van der Waals surface area contributed by atoms with Crippen molar-refractivity contribution in [2.24, 2.45) is 0 Å². The number of thiophene rings is 1. The Kier molecular flexibility index (Phi) is 5.40. The largest absolute Gasteiger partial charge is 0.462 e. The molecule has 0 atom stereocenters. The van der Waals surface area contributed by atoms with Crippen molar-refractivity contribution in [3.63, 3.8) is 0 Å². The zero-order valence-corrected chi connectivity index (χ0v) is 16.7. The predicted molar refractivity (Wildman–Crippen MR) is 111 cm³/mol. The van der Waals surface area contributed by atoms with Gasteiger partial charge in [0.05, 0.1) is 25.2 Å². The Morgan fingerprint density at radius 3 is 2.71 bits per heavy atom. The monoisotopic (exact) mass is 398 g/mol. The molecule has 3 aromatic rings. The van der Waals surface area contributed by atoms with E-state index in [0.717, 1.165) is 47.8 Å². The molecular formula is C20H22N4O3S. The number of carbonyl (C=O) groups excluding carboxylic acids is 1. The van der Waals surface area contributed by atoms with Crippen molar-refractivity contribution in [1.82, 2.24) is 9.97 Å². The highest BCUT2D eigenvalue weighted by Gasteiger charge is 2.20. The van der Waals surface area contributed by atoms with Gasteiger partial charge in [-0.25, -0.2) is 14.8 Å². The molecule has 7 nitrogen and oxygen atoms in total. The van der Waals surface area contributed by atoms with Crippen LogP contribution in [0.15, 0.2) is 30.6 Å². The van der Waals surface area contributed by atoms with E-state index in [1.165, 1.54) is 23.4 Å². The lowest BCUT2D eigenvalue weighted by atomic mass is 10.2. The number of carbonyl (C=O) groups is 1. The minimum atomic E-state index is -0.316. The molecule has 0 spiro atoms. The quantitative estimate of drug-likeness (QED) is 0.656. The minimum absolute atomic E-state index is 0.316. The Balaban J connectivity index is 1.60. The van der Waals surface area contributed by atoms with E-state index >= 15 is 0 Å². The van der Waals surface area contributed by atoms with Gasteiger partial charge in [0.2, 0.25) is 0 Å². The van der Waals surface area contributed by atoms with Gasteiger partial charge in [0, 0.05) is 24.5 Å². The molecule has 1 aliphatic heterocycles. The Labute approximate surface area is 167 Å². The first-order chi connectivity index (χ1) is 13.7. The molecule has 1 aliphatic rings. The molecule has 2 aromatic heterocycles. The highest BCUT2D eigenvalue weighted by Crippen LogP contribution is 2.35. The van der Waals surface area contributed by atoms with Crippen LogP contribution < -0.4 is 10.2 Å². The lowest BCUT2D eigenvalue weighted by Gasteiger charge is -2.28. The Bertz CT molecular complexity index is 981. The van der Waals surface area contributed by atoms with E-state index in [4.69, 9.17) is 9.47 Å². The van der Waals surface area contributed by atoms with Crippen molar-refractivity contribution in [2.45, 2.75) is 13.8 Å². The molecule has 1 aromatic carbocycles. The van der Waals surface area contributed by atoms with Crippen molar-refractivity contribution < 1.29 is 14.3 Å². The zero-order valence-electron chi connectivity index (χ0n) is 15.9. The van der Waals surface area contributed by atoms with Crippen LogP contribution in [0.25, 0.3) is 10.2 Å². The number of rotatable bonds is 5. The summed E-state index contributed by atoms with van der Waals surface area (Å²) < 4.78 is 10.6. The Morgan fingerprint density at radius 1 is 1.25 bits per heavy atom. The van der Waals surface area contributed by atoms with Gasteiger partial charge in [-0.3, -0.25) is 0 Å². The van der Waals surface area contributed by atoms with Crippen LogP contribution in [-0.4, -0.2) is 48.8 Å². The van der Waals surface area contributed by atoms with Gasteiger partial charge in [0.1, 0.15) is 21.9 Å². The number of anilines is 3. The second-order valence-electron chi connectivity index (χ2n) is 6.45. The van der Waals surface area contributed by atoms with Crippen LogP contribution in [0, 0.1) is 6.92 Å². The van der Waals surface area contributed by atoms with E-state index in [9.17, 15) is 4.79 Å². The molecule has 1 fully saturated rings. The first-order valence-corrected chi connectivity index (χ1v) is 10.1. The number of ether oxygens (including phenoxy) is 2.